The van der Waals surface area contributed by atoms with Gasteiger partial charge in [-0.2, -0.15) is 0 Å². The van der Waals surface area contributed by atoms with E-state index in [2.05, 4.69) is 9.97 Å². The molecule has 3 rings (SSSR count). The normalized spacial score (nSPS) is 27.7. The van der Waals surface area contributed by atoms with Crippen molar-refractivity contribution < 1.29 is 9.59 Å². The molecule has 0 saturated carbocycles. The van der Waals surface area contributed by atoms with Gasteiger partial charge in [-0.1, -0.05) is 19.1 Å². The van der Waals surface area contributed by atoms with Gasteiger partial charge in [0.25, 0.3) is 0 Å². The van der Waals surface area contributed by atoms with Crippen molar-refractivity contribution in [3.8, 4) is 0 Å². The fourth-order valence-electron chi connectivity index (χ4n) is 3.09. The van der Waals surface area contributed by atoms with Crippen molar-refractivity contribution in [3.05, 3.63) is 30.4 Å². The molecule has 0 bridgehead atoms. The molecule has 0 radical (unpaired) electrons. The first-order chi connectivity index (χ1) is 9.24. The molecule has 3 atom stereocenters. The third-order valence-electron chi connectivity index (χ3n) is 4.08. The molecule has 1 aromatic rings. The summed E-state index contributed by atoms with van der Waals surface area (Å²) in [5, 5.41) is 0. The van der Waals surface area contributed by atoms with Gasteiger partial charge in [0, 0.05) is 12.4 Å². The molecule has 0 aromatic carbocycles. The fourth-order valence-corrected chi connectivity index (χ4v) is 3.09. The second kappa shape index (κ2) is 4.64. The van der Waals surface area contributed by atoms with Crippen LogP contribution in [-0.4, -0.2) is 26.7 Å². The van der Waals surface area contributed by atoms with Crippen LogP contribution in [0.5, 0.6) is 0 Å². The molecule has 5 heteroatoms. The molecule has 1 aromatic heterocycles. The summed E-state index contributed by atoms with van der Waals surface area (Å²) in [6.07, 6.45) is 9.42. The summed E-state index contributed by atoms with van der Waals surface area (Å²) in [6, 6.07) is -0.263. The predicted octanol–water partition coefficient (Wildman–Crippen LogP) is 1.81. The lowest BCUT2D eigenvalue weighted by atomic mass is 9.85. The SMILES string of the molecule is CCC(c1ncc[nH]1)N1C(=O)C2CC=CCC2C1=O. The minimum atomic E-state index is -0.263. The van der Waals surface area contributed by atoms with E-state index >= 15 is 0 Å². The van der Waals surface area contributed by atoms with Gasteiger partial charge < -0.3 is 4.98 Å². The first kappa shape index (κ1) is 12.1. The molecular weight excluding hydrogens is 242 g/mol. The van der Waals surface area contributed by atoms with Crippen LogP contribution in [0.3, 0.4) is 0 Å². The van der Waals surface area contributed by atoms with E-state index in [-0.39, 0.29) is 29.7 Å². The summed E-state index contributed by atoms with van der Waals surface area (Å²) in [4.78, 5) is 33.6. The van der Waals surface area contributed by atoms with Crippen LogP contribution in [0.2, 0.25) is 0 Å². The average molecular weight is 259 g/mol. The van der Waals surface area contributed by atoms with E-state index in [0.717, 1.165) is 0 Å². The Bertz CT molecular complexity index is 495. The Hall–Kier alpha value is -1.91. The van der Waals surface area contributed by atoms with Gasteiger partial charge in [-0.05, 0) is 19.3 Å². The number of H-pyrrole nitrogens is 1. The third kappa shape index (κ3) is 1.80. The fraction of sp³-hybridized carbons (Fsp3) is 0.500. The third-order valence-corrected chi connectivity index (χ3v) is 4.08. The number of rotatable bonds is 3. The molecule has 19 heavy (non-hydrogen) atoms. The van der Waals surface area contributed by atoms with Crippen LogP contribution in [-0.2, 0) is 9.59 Å². The number of imide groups is 1. The van der Waals surface area contributed by atoms with Crippen LogP contribution < -0.4 is 0 Å². The minimum Gasteiger partial charge on any atom is -0.347 e. The monoisotopic (exact) mass is 259 g/mol. The lowest BCUT2D eigenvalue weighted by Crippen LogP contribution is -2.35. The zero-order chi connectivity index (χ0) is 13.4. The number of aromatic nitrogens is 2. The van der Waals surface area contributed by atoms with Crippen LogP contribution >= 0.6 is 0 Å². The standard InChI is InChI=1S/C14H17N3O2/c1-2-11(12-15-7-8-16-12)17-13(18)9-5-3-4-6-10(9)14(17)19/h3-4,7-11H,2,5-6H2,1H3,(H,15,16). The zero-order valence-corrected chi connectivity index (χ0v) is 10.9. The molecule has 3 unspecified atom stereocenters. The first-order valence-electron chi connectivity index (χ1n) is 6.75. The van der Waals surface area contributed by atoms with Gasteiger partial charge in [-0.3, -0.25) is 14.5 Å². The zero-order valence-electron chi connectivity index (χ0n) is 10.9. The van der Waals surface area contributed by atoms with Crippen LogP contribution in [0.25, 0.3) is 0 Å². The largest absolute Gasteiger partial charge is 0.347 e. The summed E-state index contributed by atoms with van der Waals surface area (Å²) in [5.41, 5.74) is 0. The maximum atomic E-state index is 12.5. The Labute approximate surface area is 111 Å². The van der Waals surface area contributed by atoms with E-state index in [0.29, 0.717) is 25.1 Å². The van der Waals surface area contributed by atoms with E-state index < -0.39 is 0 Å². The number of hydrogen-bond acceptors (Lipinski definition) is 3. The summed E-state index contributed by atoms with van der Waals surface area (Å²) in [7, 11) is 0. The Morgan fingerprint density at radius 3 is 2.42 bits per heavy atom. The lowest BCUT2D eigenvalue weighted by molar-refractivity contribution is -0.143. The van der Waals surface area contributed by atoms with Gasteiger partial charge in [-0.25, -0.2) is 4.98 Å². The van der Waals surface area contributed by atoms with Crippen molar-refractivity contribution in [1.29, 1.82) is 0 Å². The van der Waals surface area contributed by atoms with Crippen molar-refractivity contribution in [2.75, 3.05) is 0 Å². The van der Waals surface area contributed by atoms with Gasteiger partial charge >= 0.3 is 0 Å². The highest BCUT2D eigenvalue weighted by molar-refractivity contribution is 6.05. The molecule has 100 valence electrons. The number of hydrogen-bond donors (Lipinski definition) is 1. The number of fused-ring (bicyclic) bond motifs is 1. The number of allylic oxidation sites excluding steroid dienone is 2. The maximum absolute atomic E-state index is 12.5. The summed E-state index contributed by atoms with van der Waals surface area (Å²) in [6.45, 7) is 1.97. The van der Waals surface area contributed by atoms with E-state index in [1.165, 1.54) is 4.90 Å². The molecule has 1 saturated heterocycles. The van der Waals surface area contributed by atoms with Crippen LogP contribution in [0.15, 0.2) is 24.5 Å². The Balaban J connectivity index is 1.92. The molecule has 1 N–H and O–H groups in total. The van der Waals surface area contributed by atoms with E-state index in [1.54, 1.807) is 12.4 Å². The minimum absolute atomic E-state index is 0.0393. The number of carbonyl (C=O) groups excluding carboxylic acids is 2. The Morgan fingerprint density at radius 2 is 1.95 bits per heavy atom. The van der Waals surface area contributed by atoms with Crippen molar-refractivity contribution >= 4 is 11.8 Å². The highest BCUT2D eigenvalue weighted by atomic mass is 16.2. The second-order valence-corrected chi connectivity index (χ2v) is 5.10. The Morgan fingerprint density at radius 1 is 1.32 bits per heavy atom. The second-order valence-electron chi connectivity index (χ2n) is 5.10. The molecule has 2 amide bonds. The molecule has 1 fully saturated rings. The number of amides is 2. The van der Waals surface area contributed by atoms with Crippen molar-refractivity contribution in [2.24, 2.45) is 11.8 Å². The number of carbonyl (C=O) groups is 2. The molecule has 2 heterocycles. The van der Waals surface area contributed by atoms with Gasteiger partial charge in [-0.15, -0.1) is 0 Å². The van der Waals surface area contributed by atoms with Crippen molar-refractivity contribution in [3.63, 3.8) is 0 Å². The van der Waals surface area contributed by atoms with Gasteiger partial charge in [0.2, 0.25) is 11.8 Å². The van der Waals surface area contributed by atoms with Gasteiger partial charge in [0.1, 0.15) is 5.82 Å². The number of nitrogens with zero attached hydrogens (tertiary/aromatic N) is 2. The molecule has 1 aliphatic heterocycles. The number of imidazole rings is 1. The van der Waals surface area contributed by atoms with Crippen LogP contribution in [0, 0.1) is 11.8 Å². The topological polar surface area (TPSA) is 66.1 Å². The Kier molecular flexibility index (Phi) is 2.97. The number of aromatic amines is 1. The molecule has 2 aliphatic rings. The summed E-state index contributed by atoms with van der Waals surface area (Å²) >= 11 is 0. The maximum Gasteiger partial charge on any atom is 0.234 e. The van der Waals surface area contributed by atoms with Crippen molar-refractivity contribution in [1.82, 2.24) is 14.9 Å². The van der Waals surface area contributed by atoms with E-state index in [9.17, 15) is 9.59 Å². The van der Waals surface area contributed by atoms with Gasteiger partial charge in [0.15, 0.2) is 0 Å². The van der Waals surface area contributed by atoms with E-state index in [1.807, 2.05) is 19.1 Å². The lowest BCUT2D eigenvalue weighted by Gasteiger charge is -2.23. The van der Waals surface area contributed by atoms with Crippen LogP contribution in [0.4, 0.5) is 0 Å². The summed E-state index contributed by atoms with van der Waals surface area (Å²) < 4.78 is 0. The molecular formula is C14H17N3O2. The number of nitrogens with one attached hydrogen (secondary N) is 1. The van der Waals surface area contributed by atoms with Crippen molar-refractivity contribution in [2.45, 2.75) is 32.2 Å². The predicted molar refractivity (Wildman–Crippen MR) is 68.8 cm³/mol. The molecule has 0 spiro atoms. The average Bonchev–Trinajstić information content (AvgIpc) is 3.04. The van der Waals surface area contributed by atoms with Crippen LogP contribution in [0.1, 0.15) is 38.1 Å². The molecule has 1 aliphatic carbocycles. The van der Waals surface area contributed by atoms with Gasteiger partial charge in [0.05, 0.1) is 17.9 Å². The number of likely N-dealkylation sites (tertiary alicyclic amines) is 1. The highest BCUT2D eigenvalue weighted by Crippen LogP contribution is 2.39. The molecule has 5 nitrogen and oxygen atoms in total. The van der Waals surface area contributed by atoms with E-state index in [4.69, 9.17) is 0 Å². The smallest absolute Gasteiger partial charge is 0.234 e. The first-order valence-corrected chi connectivity index (χ1v) is 6.75. The summed E-state index contributed by atoms with van der Waals surface area (Å²) in [5.74, 6) is 0.282. The quantitative estimate of drug-likeness (QED) is 0.665. The highest BCUT2D eigenvalue weighted by Gasteiger charge is 2.49.